The fourth-order valence-corrected chi connectivity index (χ4v) is 3.86. The Morgan fingerprint density at radius 1 is 1.36 bits per heavy atom. The normalized spacial score (nSPS) is 16.7. The molecule has 0 aliphatic carbocycles. The number of rotatable bonds is 5. The van der Waals surface area contributed by atoms with Crippen molar-refractivity contribution < 1.29 is 27.5 Å². The summed E-state index contributed by atoms with van der Waals surface area (Å²) in [5.74, 6) is -1.37. The van der Waals surface area contributed by atoms with Gasteiger partial charge in [-0.2, -0.15) is 18.4 Å². The van der Waals surface area contributed by atoms with Crippen LogP contribution in [-0.2, 0) is 11.0 Å². The van der Waals surface area contributed by atoms with Gasteiger partial charge in [0.05, 0.1) is 16.9 Å². The quantitative estimate of drug-likeness (QED) is 0.658. The summed E-state index contributed by atoms with van der Waals surface area (Å²) in [5.41, 5.74) is -1.30. The molecule has 1 amide bonds. The first-order chi connectivity index (χ1) is 15.6. The lowest BCUT2D eigenvalue weighted by atomic mass is 10.0. The molecular weight excluding hydrogens is 442 g/mol. The van der Waals surface area contributed by atoms with Gasteiger partial charge >= 0.3 is 6.18 Å². The highest BCUT2D eigenvalue weighted by molar-refractivity contribution is 6.01. The van der Waals surface area contributed by atoms with Gasteiger partial charge in [-0.15, -0.1) is 0 Å². The molecule has 1 atom stereocenters. The van der Waals surface area contributed by atoms with E-state index in [1.165, 1.54) is 31.0 Å². The van der Waals surface area contributed by atoms with Crippen LogP contribution in [0.1, 0.15) is 29.7 Å². The Morgan fingerprint density at radius 2 is 2.09 bits per heavy atom. The number of likely N-dealkylation sites (N-methyl/N-ethyl adjacent to an activating group) is 1. The van der Waals surface area contributed by atoms with Gasteiger partial charge in [0.1, 0.15) is 29.3 Å². The number of amides is 1. The minimum atomic E-state index is -4.77. The lowest BCUT2D eigenvalue weighted by molar-refractivity contribution is -0.137. The molecule has 0 saturated heterocycles. The highest BCUT2D eigenvalue weighted by atomic mass is 19.4. The Balaban J connectivity index is 2.03. The Morgan fingerprint density at radius 3 is 2.73 bits per heavy atom. The van der Waals surface area contributed by atoms with Crippen LogP contribution in [-0.4, -0.2) is 48.8 Å². The topological polar surface area (TPSA) is 92.5 Å². The van der Waals surface area contributed by atoms with Crippen LogP contribution in [0, 0.1) is 24.1 Å². The first-order valence-corrected chi connectivity index (χ1v) is 10.3. The van der Waals surface area contributed by atoms with Crippen LogP contribution in [0.4, 0.5) is 34.8 Å². The molecule has 176 valence electrons. The third kappa shape index (κ3) is 5.01. The van der Waals surface area contributed by atoms with E-state index in [1.807, 2.05) is 0 Å². The molecule has 33 heavy (non-hydrogen) atoms. The van der Waals surface area contributed by atoms with Crippen molar-refractivity contribution in [2.24, 2.45) is 0 Å². The summed E-state index contributed by atoms with van der Waals surface area (Å²) in [4.78, 5) is 20.2. The van der Waals surface area contributed by atoms with Crippen molar-refractivity contribution in [3.8, 4) is 6.07 Å². The second-order valence-corrected chi connectivity index (χ2v) is 7.70. The molecule has 0 fully saturated rings. The fourth-order valence-electron chi connectivity index (χ4n) is 3.86. The number of para-hydroxylation sites is 1. The molecular formula is C22H23F4N5O2. The van der Waals surface area contributed by atoms with Crippen molar-refractivity contribution in [2.75, 3.05) is 41.9 Å². The molecule has 0 saturated carbocycles. The van der Waals surface area contributed by atoms with Crippen molar-refractivity contribution in [1.29, 1.82) is 5.26 Å². The van der Waals surface area contributed by atoms with E-state index in [1.54, 1.807) is 17.0 Å². The number of benzene rings is 1. The van der Waals surface area contributed by atoms with Gasteiger partial charge in [0, 0.05) is 32.4 Å². The van der Waals surface area contributed by atoms with Gasteiger partial charge in [0.25, 0.3) is 0 Å². The number of aromatic nitrogens is 1. The summed E-state index contributed by atoms with van der Waals surface area (Å²) in [7, 11) is 1.45. The maximum Gasteiger partial charge on any atom is 0.417 e. The predicted molar refractivity (Wildman–Crippen MR) is 114 cm³/mol. The van der Waals surface area contributed by atoms with Gasteiger partial charge < -0.3 is 20.2 Å². The second kappa shape index (κ2) is 9.62. The molecule has 1 aliphatic heterocycles. The summed E-state index contributed by atoms with van der Waals surface area (Å²) >= 11 is 0. The molecule has 0 bridgehead atoms. The lowest BCUT2D eigenvalue weighted by Gasteiger charge is -2.36. The molecule has 0 spiro atoms. The Hall–Kier alpha value is -3.39. The summed E-state index contributed by atoms with van der Waals surface area (Å²) in [5, 5.41) is 21.4. The van der Waals surface area contributed by atoms with Gasteiger partial charge in [0.15, 0.2) is 0 Å². The average Bonchev–Trinajstić information content (AvgIpc) is 2.76. The van der Waals surface area contributed by atoms with Crippen LogP contribution in [0.3, 0.4) is 0 Å². The minimum absolute atomic E-state index is 0.0347. The van der Waals surface area contributed by atoms with Gasteiger partial charge in [0.2, 0.25) is 5.91 Å². The Labute approximate surface area is 188 Å². The van der Waals surface area contributed by atoms with Gasteiger partial charge in [-0.1, -0.05) is 6.07 Å². The predicted octanol–water partition coefficient (Wildman–Crippen LogP) is 3.46. The van der Waals surface area contributed by atoms with E-state index in [2.05, 4.69) is 10.3 Å². The Bertz CT molecular complexity index is 1080. The van der Waals surface area contributed by atoms with Crippen LogP contribution < -0.4 is 15.1 Å². The van der Waals surface area contributed by atoms with E-state index in [0.29, 0.717) is 13.0 Å². The minimum Gasteiger partial charge on any atom is -0.396 e. The number of aryl methyl sites for hydroxylation is 1. The third-order valence-electron chi connectivity index (χ3n) is 5.42. The number of aliphatic hydroxyl groups excluding tert-OH is 1. The first kappa shape index (κ1) is 24.3. The van der Waals surface area contributed by atoms with E-state index in [9.17, 15) is 32.7 Å². The number of alkyl halides is 3. The largest absolute Gasteiger partial charge is 0.417 e. The number of nitrogens with one attached hydrogen (secondary N) is 1. The van der Waals surface area contributed by atoms with Gasteiger partial charge in [-0.3, -0.25) is 4.79 Å². The number of nitriles is 1. The van der Waals surface area contributed by atoms with E-state index in [0.717, 1.165) is 6.07 Å². The highest BCUT2D eigenvalue weighted by Crippen LogP contribution is 2.37. The number of hydrogen-bond acceptors (Lipinski definition) is 6. The monoisotopic (exact) mass is 465 g/mol. The number of pyridine rings is 1. The molecule has 2 heterocycles. The zero-order chi connectivity index (χ0) is 24.3. The molecule has 2 N–H and O–H groups in total. The van der Waals surface area contributed by atoms with Gasteiger partial charge in [-0.25, -0.2) is 9.37 Å². The van der Waals surface area contributed by atoms with E-state index in [4.69, 9.17) is 0 Å². The fraction of sp³-hybridized carbons (Fsp3) is 0.409. The summed E-state index contributed by atoms with van der Waals surface area (Å²) in [6.07, 6.45) is -4.31. The molecule has 3 rings (SSSR count). The standard InChI is InChI=1S/C22H23F4N5O2/c1-13-11-15(22(24,25)26)14(12-27)20(28-13)29-17-7-9-31(8-4-10-32)19-16(23)5-3-6-18(19)30(2)21(17)33/h3,5-6,11,17,32H,4,7-10H2,1-2H3,(H,28,29). The maximum absolute atomic E-state index is 14.7. The third-order valence-corrected chi connectivity index (χ3v) is 5.42. The zero-order valence-electron chi connectivity index (χ0n) is 18.1. The number of halogens is 4. The van der Waals surface area contributed by atoms with E-state index in [-0.39, 0.29) is 42.5 Å². The van der Waals surface area contributed by atoms with E-state index >= 15 is 0 Å². The highest BCUT2D eigenvalue weighted by Gasteiger charge is 2.37. The summed E-state index contributed by atoms with van der Waals surface area (Å²) in [6, 6.07) is 5.60. The molecule has 0 radical (unpaired) electrons. The summed E-state index contributed by atoms with van der Waals surface area (Å²) < 4.78 is 55.1. The van der Waals surface area contributed by atoms with Crippen LogP contribution in [0.25, 0.3) is 0 Å². The maximum atomic E-state index is 14.7. The number of fused-ring (bicyclic) bond motifs is 1. The number of carbonyl (C=O) groups is 1. The van der Waals surface area contributed by atoms with Gasteiger partial charge in [-0.05, 0) is 38.0 Å². The zero-order valence-corrected chi connectivity index (χ0v) is 18.1. The molecule has 1 aromatic carbocycles. The van der Waals surface area contributed by atoms with Crippen molar-refractivity contribution in [3.63, 3.8) is 0 Å². The second-order valence-electron chi connectivity index (χ2n) is 7.70. The number of aliphatic hydroxyl groups is 1. The number of carbonyl (C=O) groups excluding carboxylic acids is 1. The van der Waals surface area contributed by atoms with Crippen LogP contribution in [0.5, 0.6) is 0 Å². The Kier molecular flexibility index (Phi) is 7.07. The molecule has 1 aromatic heterocycles. The van der Waals surface area contributed by atoms with Crippen LogP contribution >= 0.6 is 0 Å². The molecule has 1 aliphatic rings. The van der Waals surface area contributed by atoms with Crippen molar-refractivity contribution >= 4 is 23.1 Å². The molecule has 2 aromatic rings. The van der Waals surface area contributed by atoms with Crippen molar-refractivity contribution in [3.05, 3.63) is 46.9 Å². The van der Waals surface area contributed by atoms with Crippen molar-refractivity contribution in [2.45, 2.75) is 32.0 Å². The SMILES string of the molecule is Cc1cc(C(F)(F)F)c(C#N)c(NC2CCN(CCCO)c3c(F)cccc3N(C)C2=O)n1. The molecule has 1 unspecified atom stereocenters. The van der Waals surface area contributed by atoms with Crippen molar-refractivity contribution in [1.82, 2.24) is 4.98 Å². The van der Waals surface area contributed by atoms with Crippen LogP contribution in [0.2, 0.25) is 0 Å². The molecule has 7 nitrogen and oxygen atoms in total. The number of anilines is 3. The number of hydrogen-bond donors (Lipinski definition) is 2. The lowest BCUT2D eigenvalue weighted by Crippen LogP contribution is -2.46. The van der Waals surface area contributed by atoms with E-state index < -0.39 is 35.1 Å². The average molecular weight is 465 g/mol. The smallest absolute Gasteiger partial charge is 0.396 e. The summed E-state index contributed by atoms with van der Waals surface area (Å²) in [6.45, 7) is 1.74. The number of nitrogens with zero attached hydrogens (tertiary/aromatic N) is 4. The first-order valence-electron chi connectivity index (χ1n) is 10.3. The van der Waals surface area contributed by atoms with Crippen LogP contribution in [0.15, 0.2) is 24.3 Å². The molecule has 11 heteroatoms.